The van der Waals surface area contributed by atoms with Crippen LogP contribution in [-0.4, -0.2) is 65.1 Å². The first-order valence-corrected chi connectivity index (χ1v) is 15.3. The Kier molecular flexibility index (Phi) is 7.91. The summed E-state index contributed by atoms with van der Waals surface area (Å²) in [6.45, 7) is 5.82. The predicted octanol–water partition coefficient (Wildman–Crippen LogP) is 6.31. The summed E-state index contributed by atoms with van der Waals surface area (Å²) in [4.78, 5) is 31.6. The Morgan fingerprint density at radius 3 is 2.58 bits per heavy atom. The number of methoxy groups -OCH3 is 1. The second-order valence-electron chi connectivity index (χ2n) is 12.0. The van der Waals surface area contributed by atoms with E-state index in [4.69, 9.17) is 16.3 Å². The maximum Gasteiger partial charge on any atom is 0.305 e. The van der Waals surface area contributed by atoms with Crippen molar-refractivity contribution in [3.63, 3.8) is 0 Å². The van der Waals surface area contributed by atoms with E-state index >= 15 is 0 Å². The number of hydrogen-bond acceptors (Lipinski definition) is 4. The molecule has 3 aliphatic rings. The van der Waals surface area contributed by atoms with Crippen molar-refractivity contribution in [2.24, 2.45) is 11.8 Å². The van der Waals surface area contributed by atoms with Crippen molar-refractivity contribution in [3.8, 4) is 0 Å². The summed E-state index contributed by atoms with van der Waals surface area (Å²) in [5.74, 6) is 0.872. The highest BCUT2D eigenvalue weighted by Gasteiger charge is 2.49. The van der Waals surface area contributed by atoms with E-state index in [1.54, 1.807) is 0 Å². The Morgan fingerprint density at radius 2 is 1.80 bits per heavy atom. The molecule has 6 rings (SSSR count). The van der Waals surface area contributed by atoms with Crippen molar-refractivity contribution >= 4 is 34.4 Å². The molecule has 0 aliphatic carbocycles. The van der Waals surface area contributed by atoms with Crippen LogP contribution in [0.5, 0.6) is 0 Å². The molecule has 1 aromatic heterocycles. The number of ether oxygens (including phenoxy) is 1. The van der Waals surface area contributed by atoms with Crippen molar-refractivity contribution < 1.29 is 14.3 Å². The number of nitrogens with zero attached hydrogens (tertiary/aromatic N) is 3. The lowest BCUT2D eigenvalue weighted by atomic mass is 9.69. The Balaban J connectivity index is 1.37. The standard InChI is InChI=1S/C33H40ClN3O3/c1-22-10-12-23(13-11-22)20-36-29-19-26(34)15-14-24(29)18-30(36)33(39)37-21-25-6-4-16-35-17-5-7-27(32(25)35)28(37)8-3-9-31(38)40-2/h10-15,18-19,25,27-28,32H,3-9,16-17,20-21H2,1-2H3/t25-,27+,28+,32-/m0/s1. The first kappa shape index (κ1) is 27.3. The van der Waals surface area contributed by atoms with Crippen LogP contribution in [0.1, 0.15) is 66.6 Å². The molecule has 6 nitrogen and oxygen atoms in total. The van der Waals surface area contributed by atoms with Gasteiger partial charge in [-0.1, -0.05) is 47.5 Å². The summed E-state index contributed by atoms with van der Waals surface area (Å²) in [5.41, 5.74) is 4.07. The lowest BCUT2D eigenvalue weighted by Crippen LogP contribution is -2.65. The van der Waals surface area contributed by atoms with E-state index < -0.39 is 0 Å². The molecule has 3 aromatic rings. The third kappa shape index (κ3) is 5.28. The number of esters is 1. The maximum absolute atomic E-state index is 14.7. The molecule has 3 fully saturated rings. The van der Waals surface area contributed by atoms with Gasteiger partial charge in [0.1, 0.15) is 5.69 Å². The number of aryl methyl sites for hydroxylation is 1. The topological polar surface area (TPSA) is 54.8 Å². The minimum Gasteiger partial charge on any atom is -0.469 e. The Bertz CT molecular complexity index is 1380. The van der Waals surface area contributed by atoms with Crippen molar-refractivity contribution in [1.29, 1.82) is 0 Å². The summed E-state index contributed by atoms with van der Waals surface area (Å²) in [7, 11) is 1.45. The SMILES string of the molecule is COC(=O)CCC[C@@H]1[C@H]2CCCN3CCC[C@@H](CN1C(=O)c1cc4ccc(Cl)cc4n1Cc1ccc(C)cc1)[C@@H]23. The van der Waals surface area contributed by atoms with Gasteiger partial charge in [0, 0.05) is 42.0 Å². The lowest BCUT2D eigenvalue weighted by molar-refractivity contribution is -0.140. The third-order valence-corrected chi connectivity index (χ3v) is 9.82. The Labute approximate surface area is 242 Å². The number of aromatic nitrogens is 1. The van der Waals surface area contributed by atoms with E-state index in [-0.39, 0.29) is 17.9 Å². The minimum atomic E-state index is -0.176. The van der Waals surface area contributed by atoms with Crippen LogP contribution in [0.15, 0.2) is 48.5 Å². The number of piperidine rings is 3. The Hall–Kier alpha value is -2.83. The van der Waals surface area contributed by atoms with Crippen molar-refractivity contribution in [2.45, 2.75) is 70.5 Å². The van der Waals surface area contributed by atoms with Gasteiger partial charge in [0.15, 0.2) is 0 Å². The molecule has 0 N–H and O–H groups in total. The van der Waals surface area contributed by atoms with Gasteiger partial charge in [0.25, 0.3) is 5.91 Å². The normalized spacial score (nSPS) is 24.6. The molecule has 40 heavy (non-hydrogen) atoms. The highest BCUT2D eigenvalue weighted by Crippen LogP contribution is 2.44. The molecule has 7 heteroatoms. The van der Waals surface area contributed by atoms with E-state index in [0.29, 0.717) is 35.9 Å². The number of carbonyl (C=O) groups excluding carboxylic acids is 2. The van der Waals surface area contributed by atoms with Gasteiger partial charge in [-0.3, -0.25) is 14.5 Å². The van der Waals surface area contributed by atoms with Crippen LogP contribution in [0.25, 0.3) is 10.9 Å². The largest absolute Gasteiger partial charge is 0.469 e. The fourth-order valence-electron chi connectivity index (χ4n) is 7.75. The quantitative estimate of drug-likeness (QED) is 0.317. The molecule has 3 saturated heterocycles. The summed E-state index contributed by atoms with van der Waals surface area (Å²) < 4.78 is 7.08. The number of amides is 1. The molecule has 212 valence electrons. The first-order valence-electron chi connectivity index (χ1n) is 14.9. The minimum absolute atomic E-state index is 0.101. The number of fused-ring (bicyclic) bond motifs is 1. The van der Waals surface area contributed by atoms with Gasteiger partial charge < -0.3 is 14.2 Å². The molecule has 0 unspecified atom stereocenters. The molecular formula is C33H40ClN3O3. The molecule has 4 heterocycles. The smallest absolute Gasteiger partial charge is 0.305 e. The molecule has 0 spiro atoms. The predicted molar refractivity (Wildman–Crippen MR) is 159 cm³/mol. The van der Waals surface area contributed by atoms with E-state index in [1.165, 1.54) is 45.0 Å². The number of hydrogen-bond donors (Lipinski definition) is 0. The zero-order valence-corrected chi connectivity index (χ0v) is 24.4. The van der Waals surface area contributed by atoms with Gasteiger partial charge in [-0.05, 0) is 94.1 Å². The zero-order chi connectivity index (χ0) is 27.8. The molecular weight excluding hydrogens is 522 g/mol. The van der Waals surface area contributed by atoms with Crippen LogP contribution >= 0.6 is 11.6 Å². The third-order valence-electron chi connectivity index (χ3n) is 9.59. The number of carbonyl (C=O) groups is 2. The van der Waals surface area contributed by atoms with Crippen LogP contribution in [0.4, 0.5) is 0 Å². The molecule has 0 bridgehead atoms. The summed E-state index contributed by atoms with van der Waals surface area (Å²) >= 11 is 6.45. The second kappa shape index (κ2) is 11.6. The van der Waals surface area contributed by atoms with Gasteiger partial charge in [-0.2, -0.15) is 0 Å². The number of halogens is 1. The van der Waals surface area contributed by atoms with E-state index in [1.807, 2.05) is 24.3 Å². The summed E-state index contributed by atoms with van der Waals surface area (Å²) in [5, 5.41) is 1.69. The average Bonchev–Trinajstić information content (AvgIpc) is 3.32. The van der Waals surface area contributed by atoms with Gasteiger partial charge in [0.05, 0.1) is 12.6 Å². The fourth-order valence-corrected chi connectivity index (χ4v) is 7.92. The van der Waals surface area contributed by atoms with Crippen molar-refractivity contribution in [1.82, 2.24) is 14.4 Å². The second-order valence-corrected chi connectivity index (χ2v) is 12.5. The molecule has 0 radical (unpaired) electrons. The fraction of sp³-hybridized carbons (Fsp3) is 0.515. The van der Waals surface area contributed by atoms with Crippen LogP contribution in [0.2, 0.25) is 5.02 Å². The number of rotatable bonds is 7. The first-order chi connectivity index (χ1) is 19.4. The van der Waals surface area contributed by atoms with Crippen LogP contribution in [0, 0.1) is 18.8 Å². The van der Waals surface area contributed by atoms with Gasteiger partial charge in [-0.15, -0.1) is 0 Å². The highest BCUT2D eigenvalue weighted by molar-refractivity contribution is 6.31. The molecule has 3 aliphatic heterocycles. The zero-order valence-electron chi connectivity index (χ0n) is 23.7. The summed E-state index contributed by atoms with van der Waals surface area (Å²) in [6.07, 6.45) is 6.66. The lowest BCUT2D eigenvalue weighted by Gasteiger charge is -2.57. The van der Waals surface area contributed by atoms with Gasteiger partial charge >= 0.3 is 5.97 Å². The van der Waals surface area contributed by atoms with Crippen molar-refractivity contribution in [2.75, 3.05) is 26.7 Å². The molecule has 4 atom stereocenters. The summed E-state index contributed by atoms with van der Waals surface area (Å²) in [6, 6.07) is 17.1. The molecule has 1 amide bonds. The van der Waals surface area contributed by atoms with Crippen LogP contribution in [-0.2, 0) is 16.1 Å². The van der Waals surface area contributed by atoms with Gasteiger partial charge in [-0.25, -0.2) is 0 Å². The maximum atomic E-state index is 14.7. The van der Waals surface area contributed by atoms with Gasteiger partial charge in [0.2, 0.25) is 0 Å². The average molecular weight is 562 g/mol. The van der Waals surface area contributed by atoms with Crippen LogP contribution in [0.3, 0.4) is 0 Å². The van der Waals surface area contributed by atoms with Crippen LogP contribution < -0.4 is 0 Å². The number of benzene rings is 2. The highest BCUT2D eigenvalue weighted by atomic mass is 35.5. The van der Waals surface area contributed by atoms with E-state index in [9.17, 15) is 9.59 Å². The van der Waals surface area contributed by atoms with E-state index in [2.05, 4.69) is 45.6 Å². The Morgan fingerprint density at radius 1 is 1.02 bits per heavy atom. The number of likely N-dealkylation sites (tertiary alicyclic amines) is 1. The van der Waals surface area contributed by atoms with E-state index in [0.717, 1.165) is 48.0 Å². The molecule has 2 aromatic carbocycles. The monoisotopic (exact) mass is 561 g/mol. The van der Waals surface area contributed by atoms with Crippen molar-refractivity contribution in [3.05, 3.63) is 70.4 Å². The molecule has 0 saturated carbocycles.